The summed E-state index contributed by atoms with van der Waals surface area (Å²) in [5.74, 6) is -0.589. The first-order chi connectivity index (χ1) is 13.1. The van der Waals surface area contributed by atoms with Gasteiger partial charge >= 0.3 is 0 Å². The topological polar surface area (TPSA) is 49.4 Å². The lowest BCUT2D eigenvalue weighted by Crippen LogP contribution is -2.23. The number of carbonyl (C=O) groups is 2. The number of carbonyl (C=O) groups excluding carboxylic acids is 2. The Morgan fingerprint density at radius 3 is 1.67 bits per heavy atom. The molecule has 1 N–H and O–H groups in total. The molecule has 0 aliphatic carbocycles. The highest BCUT2D eigenvalue weighted by Crippen LogP contribution is 2.26. The maximum atomic E-state index is 13.1. The van der Waals surface area contributed by atoms with Crippen molar-refractivity contribution < 1.29 is 9.59 Å². The van der Waals surface area contributed by atoms with Gasteiger partial charge < -0.3 is 10.2 Å². The molecule has 2 amide bonds. The number of benzene rings is 3. The van der Waals surface area contributed by atoms with E-state index in [4.69, 9.17) is 0 Å². The van der Waals surface area contributed by atoms with E-state index in [0.717, 1.165) is 11.1 Å². The van der Waals surface area contributed by atoms with Crippen LogP contribution in [0, 0.1) is 0 Å². The lowest BCUT2D eigenvalue weighted by atomic mass is 9.90. The molecular formula is C23H22N2O2. The smallest absolute Gasteiger partial charge is 0.253 e. The van der Waals surface area contributed by atoms with E-state index in [1.165, 1.54) is 4.90 Å². The highest BCUT2D eigenvalue weighted by Gasteiger charge is 2.22. The Labute approximate surface area is 159 Å². The third-order valence-electron chi connectivity index (χ3n) is 4.33. The quantitative estimate of drug-likeness (QED) is 0.744. The van der Waals surface area contributed by atoms with E-state index in [0.29, 0.717) is 11.3 Å². The van der Waals surface area contributed by atoms with Gasteiger partial charge in [-0.1, -0.05) is 60.7 Å². The summed E-state index contributed by atoms with van der Waals surface area (Å²) in [4.78, 5) is 26.6. The normalized spacial score (nSPS) is 10.5. The van der Waals surface area contributed by atoms with Crippen LogP contribution in [0.15, 0.2) is 84.9 Å². The van der Waals surface area contributed by atoms with Crippen LogP contribution in [0.4, 0.5) is 5.69 Å². The van der Waals surface area contributed by atoms with Crippen LogP contribution in [0.1, 0.15) is 27.4 Å². The summed E-state index contributed by atoms with van der Waals surface area (Å²) < 4.78 is 0. The van der Waals surface area contributed by atoms with Crippen LogP contribution in [-0.4, -0.2) is 30.8 Å². The van der Waals surface area contributed by atoms with Crippen LogP contribution in [0.5, 0.6) is 0 Å². The molecule has 4 heteroatoms. The van der Waals surface area contributed by atoms with Crippen molar-refractivity contribution in [3.63, 3.8) is 0 Å². The van der Waals surface area contributed by atoms with Gasteiger partial charge in [-0.2, -0.15) is 0 Å². The van der Waals surface area contributed by atoms with Crippen LogP contribution in [0.2, 0.25) is 0 Å². The van der Waals surface area contributed by atoms with Gasteiger partial charge in [0.15, 0.2) is 0 Å². The molecule has 0 aromatic heterocycles. The van der Waals surface area contributed by atoms with Crippen LogP contribution >= 0.6 is 0 Å². The maximum absolute atomic E-state index is 13.1. The number of hydrogen-bond donors (Lipinski definition) is 1. The number of amides is 2. The molecule has 0 spiro atoms. The number of anilines is 1. The average molecular weight is 358 g/mol. The summed E-state index contributed by atoms with van der Waals surface area (Å²) in [6, 6.07) is 26.4. The van der Waals surface area contributed by atoms with Crippen LogP contribution in [-0.2, 0) is 4.79 Å². The Kier molecular flexibility index (Phi) is 5.67. The Hall–Kier alpha value is -3.40. The molecule has 136 valence electrons. The summed E-state index contributed by atoms with van der Waals surface area (Å²) in [5.41, 5.74) is 3.11. The predicted octanol–water partition coefficient (Wildman–Crippen LogP) is 4.16. The van der Waals surface area contributed by atoms with E-state index in [1.807, 2.05) is 60.7 Å². The molecule has 0 radical (unpaired) electrons. The second kappa shape index (κ2) is 8.32. The molecule has 0 heterocycles. The molecule has 3 aromatic carbocycles. The number of rotatable bonds is 5. The molecule has 0 unspecified atom stereocenters. The van der Waals surface area contributed by atoms with E-state index in [9.17, 15) is 9.59 Å². The van der Waals surface area contributed by atoms with Gasteiger partial charge in [-0.3, -0.25) is 9.59 Å². The average Bonchev–Trinajstić information content (AvgIpc) is 2.70. The van der Waals surface area contributed by atoms with E-state index in [1.54, 1.807) is 38.4 Å². The zero-order valence-electron chi connectivity index (χ0n) is 15.4. The van der Waals surface area contributed by atoms with Crippen molar-refractivity contribution in [3.05, 3.63) is 102 Å². The first kappa shape index (κ1) is 18.4. The van der Waals surface area contributed by atoms with E-state index < -0.39 is 5.92 Å². The molecule has 0 saturated carbocycles. The van der Waals surface area contributed by atoms with Crippen molar-refractivity contribution >= 4 is 17.5 Å². The van der Waals surface area contributed by atoms with Gasteiger partial charge in [0.2, 0.25) is 5.91 Å². The van der Waals surface area contributed by atoms with Crippen LogP contribution < -0.4 is 5.32 Å². The number of nitrogens with one attached hydrogen (secondary N) is 1. The van der Waals surface area contributed by atoms with Crippen molar-refractivity contribution in [2.75, 3.05) is 19.4 Å². The Morgan fingerprint density at radius 1 is 0.741 bits per heavy atom. The van der Waals surface area contributed by atoms with Gasteiger partial charge in [0.05, 0.1) is 5.92 Å². The van der Waals surface area contributed by atoms with Crippen molar-refractivity contribution in [1.82, 2.24) is 4.90 Å². The molecule has 3 aromatic rings. The van der Waals surface area contributed by atoms with Crippen molar-refractivity contribution in [3.8, 4) is 0 Å². The summed E-state index contributed by atoms with van der Waals surface area (Å²) in [6.07, 6.45) is 0. The van der Waals surface area contributed by atoms with E-state index in [2.05, 4.69) is 5.32 Å². The third-order valence-corrected chi connectivity index (χ3v) is 4.33. The van der Waals surface area contributed by atoms with E-state index in [-0.39, 0.29) is 11.8 Å². The van der Waals surface area contributed by atoms with Crippen molar-refractivity contribution in [1.29, 1.82) is 0 Å². The molecule has 0 atom stereocenters. The number of hydrogen-bond acceptors (Lipinski definition) is 2. The van der Waals surface area contributed by atoms with Crippen LogP contribution in [0.3, 0.4) is 0 Å². The molecule has 0 fully saturated rings. The van der Waals surface area contributed by atoms with Crippen LogP contribution in [0.25, 0.3) is 0 Å². The monoisotopic (exact) mass is 358 g/mol. The predicted molar refractivity (Wildman–Crippen MR) is 108 cm³/mol. The second-order valence-electron chi connectivity index (χ2n) is 6.52. The Bertz CT molecular complexity index is 865. The second-order valence-corrected chi connectivity index (χ2v) is 6.52. The highest BCUT2D eigenvalue weighted by atomic mass is 16.2. The maximum Gasteiger partial charge on any atom is 0.253 e. The largest absolute Gasteiger partial charge is 0.345 e. The van der Waals surface area contributed by atoms with Gasteiger partial charge in [0.1, 0.15) is 0 Å². The zero-order valence-corrected chi connectivity index (χ0v) is 15.4. The highest BCUT2D eigenvalue weighted by molar-refractivity contribution is 5.99. The minimum absolute atomic E-state index is 0.0701. The fourth-order valence-electron chi connectivity index (χ4n) is 2.95. The van der Waals surface area contributed by atoms with Crippen molar-refractivity contribution in [2.24, 2.45) is 0 Å². The van der Waals surface area contributed by atoms with Gasteiger partial charge in [0, 0.05) is 25.3 Å². The minimum Gasteiger partial charge on any atom is -0.345 e. The molecule has 0 aliphatic rings. The van der Waals surface area contributed by atoms with Gasteiger partial charge in [0.25, 0.3) is 5.91 Å². The standard InChI is InChI=1S/C23H22N2O2/c1-25(2)23(27)19-13-15-20(16-14-19)24-22(26)21(17-9-5-3-6-10-17)18-11-7-4-8-12-18/h3-16,21H,1-2H3,(H,24,26). The number of nitrogens with zero attached hydrogens (tertiary/aromatic N) is 1. The zero-order chi connectivity index (χ0) is 19.2. The molecular weight excluding hydrogens is 336 g/mol. The summed E-state index contributed by atoms with van der Waals surface area (Å²) >= 11 is 0. The van der Waals surface area contributed by atoms with Crippen molar-refractivity contribution in [2.45, 2.75) is 5.92 Å². The molecule has 4 nitrogen and oxygen atoms in total. The fraction of sp³-hybridized carbons (Fsp3) is 0.130. The van der Waals surface area contributed by atoms with Gasteiger partial charge in [-0.15, -0.1) is 0 Å². The molecule has 27 heavy (non-hydrogen) atoms. The summed E-state index contributed by atoms with van der Waals surface area (Å²) in [6.45, 7) is 0. The minimum atomic E-state index is -0.407. The lowest BCUT2D eigenvalue weighted by molar-refractivity contribution is -0.116. The first-order valence-electron chi connectivity index (χ1n) is 8.79. The molecule has 0 aliphatic heterocycles. The van der Waals surface area contributed by atoms with Gasteiger partial charge in [-0.25, -0.2) is 0 Å². The molecule has 0 saturated heterocycles. The third kappa shape index (κ3) is 4.42. The Morgan fingerprint density at radius 2 is 1.22 bits per heavy atom. The molecule has 0 bridgehead atoms. The lowest BCUT2D eigenvalue weighted by Gasteiger charge is -2.18. The van der Waals surface area contributed by atoms with Gasteiger partial charge in [-0.05, 0) is 35.4 Å². The SMILES string of the molecule is CN(C)C(=O)c1ccc(NC(=O)C(c2ccccc2)c2ccccc2)cc1. The first-order valence-corrected chi connectivity index (χ1v) is 8.79. The Balaban J connectivity index is 1.84. The fourth-order valence-corrected chi connectivity index (χ4v) is 2.95. The van der Waals surface area contributed by atoms with E-state index >= 15 is 0 Å². The summed E-state index contributed by atoms with van der Waals surface area (Å²) in [7, 11) is 3.42. The molecule has 3 rings (SSSR count). The summed E-state index contributed by atoms with van der Waals surface area (Å²) in [5, 5.41) is 2.97.